The minimum atomic E-state index is 0.266. The highest BCUT2D eigenvalue weighted by molar-refractivity contribution is 5.70. The number of para-hydroxylation sites is 3. The van der Waals surface area contributed by atoms with Crippen molar-refractivity contribution >= 4 is 11.4 Å². The summed E-state index contributed by atoms with van der Waals surface area (Å²) < 4.78 is 0. The molecule has 0 saturated heterocycles. The number of nitrogens with two attached hydrogens (primary N) is 1. The summed E-state index contributed by atoms with van der Waals surface area (Å²) in [5.74, 6) is 0.266. The molecule has 2 rings (SSSR count). The Morgan fingerprint density at radius 2 is 1.59 bits per heavy atom. The van der Waals surface area contributed by atoms with E-state index < -0.39 is 0 Å². The first-order valence-electron chi connectivity index (χ1n) is 5.53. The molecule has 0 aliphatic carbocycles. The van der Waals surface area contributed by atoms with E-state index in [-0.39, 0.29) is 5.75 Å². The molecule has 2 aromatic rings. The van der Waals surface area contributed by atoms with Crippen LogP contribution >= 0.6 is 0 Å². The van der Waals surface area contributed by atoms with E-state index in [1.54, 1.807) is 6.07 Å². The molecular formula is C14H16N2O. The summed E-state index contributed by atoms with van der Waals surface area (Å²) in [4.78, 5) is 1.94. The van der Waals surface area contributed by atoms with Gasteiger partial charge in [0.15, 0.2) is 0 Å². The lowest BCUT2D eigenvalue weighted by Gasteiger charge is -2.22. The van der Waals surface area contributed by atoms with Crippen LogP contribution in [0.4, 0.5) is 11.4 Å². The van der Waals surface area contributed by atoms with E-state index >= 15 is 0 Å². The molecule has 0 aromatic heterocycles. The standard InChI is InChI=1S/C14H16N2O/c1-16(13-8-4-5-9-14(13)17)12-7-3-2-6-11(12)10-15/h2-9,17H,10,15H2,1H3. The summed E-state index contributed by atoms with van der Waals surface area (Å²) in [7, 11) is 1.92. The van der Waals surface area contributed by atoms with E-state index in [1.165, 1.54) is 0 Å². The highest BCUT2D eigenvalue weighted by atomic mass is 16.3. The van der Waals surface area contributed by atoms with Gasteiger partial charge in [0.25, 0.3) is 0 Å². The average molecular weight is 228 g/mol. The van der Waals surface area contributed by atoms with Crippen LogP contribution in [0.15, 0.2) is 48.5 Å². The van der Waals surface area contributed by atoms with Crippen LogP contribution in [0.25, 0.3) is 0 Å². The number of nitrogens with zero attached hydrogens (tertiary/aromatic N) is 1. The van der Waals surface area contributed by atoms with Crippen molar-refractivity contribution < 1.29 is 5.11 Å². The van der Waals surface area contributed by atoms with Gasteiger partial charge >= 0.3 is 0 Å². The number of phenols is 1. The first kappa shape index (κ1) is 11.5. The molecule has 3 nitrogen and oxygen atoms in total. The monoisotopic (exact) mass is 228 g/mol. The van der Waals surface area contributed by atoms with Crippen LogP contribution in [0.5, 0.6) is 5.75 Å². The molecule has 0 fully saturated rings. The maximum absolute atomic E-state index is 9.83. The van der Waals surface area contributed by atoms with Crippen LogP contribution in [0.1, 0.15) is 5.56 Å². The normalized spacial score (nSPS) is 10.2. The van der Waals surface area contributed by atoms with Crippen LogP contribution in [0.2, 0.25) is 0 Å². The fourth-order valence-electron chi connectivity index (χ4n) is 1.89. The predicted octanol–water partition coefficient (Wildman–Crippen LogP) is 2.62. The zero-order valence-electron chi connectivity index (χ0n) is 9.80. The van der Waals surface area contributed by atoms with Gasteiger partial charge < -0.3 is 15.7 Å². The van der Waals surface area contributed by atoms with E-state index in [1.807, 2.05) is 54.4 Å². The van der Waals surface area contributed by atoms with Gasteiger partial charge in [-0.15, -0.1) is 0 Å². The molecule has 2 aromatic carbocycles. The zero-order chi connectivity index (χ0) is 12.3. The largest absolute Gasteiger partial charge is 0.506 e. The molecule has 0 atom stereocenters. The van der Waals surface area contributed by atoms with Crippen LogP contribution in [-0.2, 0) is 6.54 Å². The summed E-state index contributed by atoms with van der Waals surface area (Å²) in [5.41, 5.74) is 8.55. The molecule has 0 unspecified atom stereocenters. The van der Waals surface area contributed by atoms with E-state index in [2.05, 4.69) is 0 Å². The van der Waals surface area contributed by atoms with Crippen molar-refractivity contribution in [1.82, 2.24) is 0 Å². The summed E-state index contributed by atoms with van der Waals surface area (Å²) in [5, 5.41) is 9.83. The van der Waals surface area contributed by atoms with Crippen molar-refractivity contribution in [2.45, 2.75) is 6.54 Å². The Bertz CT molecular complexity index is 511. The molecule has 0 saturated carbocycles. The van der Waals surface area contributed by atoms with Gasteiger partial charge in [-0.05, 0) is 23.8 Å². The first-order valence-corrected chi connectivity index (χ1v) is 5.53. The molecule has 0 bridgehead atoms. The highest BCUT2D eigenvalue weighted by Gasteiger charge is 2.10. The molecule has 17 heavy (non-hydrogen) atoms. The van der Waals surface area contributed by atoms with E-state index in [9.17, 15) is 5.11 Å². The Hall–Kier alpha value is -2.00. The topological polar surface area (TPSA) is 49.5 Å². The number of hydrogen-bond acceptors (Lipinski definition) is 3. The van der Waals surface area contributed by atoms with Crippen LogP contribution in [-0.4, -0.2) is 12.2 Å². The molecule has 0 aliphatic heterocycles. The van der Waals surface area contributed by atoms with Gasteiger partial charge in [-0.2, -0.15) is 0 Å². The molecule has 0 spiro atoms. The second-order valence-electron chi connectivity index (χ2n) is 3.88. The molecule has 0 amide bonds. The van der Waals surface area contributed by atoms with Gasteiger partial charge in [0.2, 0.25) is 0 Å². The maximum atomic E-state index is 9.83. The van der Waals surface area contributed by atoms with Gasteiger partial charge in [0, 0.05) is 19.3 Å². The molecule has 0 aliphatic rings. The predicted molar refractivity (Wildman–Crippen MR) is 70.5 cm³/mol. The number of aromatic hydroxyl groups is 1. The summed E-state index contributed by atoms with van der Waals surface area (Å²) in [6.07, 6.45) is 0. The Labute approximate surface area is 101 Å². The summed E-state index contributed by atoms with van der Waals surface area (Å²) >= 11 is 0. The van der Waals surface area contributed by atoms with Crippen molar-refractivity contribution in [3.8, 4) is 5.75 Å². The molecule has 0 heterocycles. The smallest absolute Gasteiger partial charge is 0.139 e. The molecule has 0 radical (unpaired) electrons. The number of hydrogen-bond donors (Lipinski definition) is 2. The fraction of sp³-hybridized carbons (Fsp3) is 0.143. The maximum Gasteiger partial charge on any atom is 0.139 e. The number of phenolic OH excluding ortho intramolecular Hbond substituents is 1. The third-order valence-electron chi connectivity index (χ3n) is 2.82. The zero-order valence-corrected chi connectivity index (χ0v) is 9.80. The minimum Gasteiger partial charge on any atom is -0.506 e. The van der Waals surface area contributed by atoms with Gasteiger partial charge in [-0.1, -0.05) is 30.3 Å². The van der Waals surface area contributed by atoms with Gasteiger partial charge in [-0.25, -0.2) is 0 Å². The van der Waals surface area contributed by atoms with Crippen molar-refractivity contribution in [2.75, 3.05) is 11.9 Å². The Kier molecular flexibility index (Phi) is 3.30. The van der Waals surface area contributed by atoms with Gasteiger partial charge in [-0.3, -0.25) is 0 Å². The van der Waals surface area contributed by atoms with Crippen molar-refractivity contribution in [3.63, 3.8) is 0 Å². The Balaban J connectivity index is 2.44. The summed E-state index contributed by atoms with van der Waals surface area (Å²) in [6.45, 7) is 0.480. The number of anilines is 2. The lowest BCUT2D eigenvalue weighted by atomic mass is 10.1. The van der Waals surface area contributed by atoms with Crippen LogP contribution < -0.4 is 10.6 Å². The average Bonchev–Trinajstić information content (AvgIpc) is 2.38. The quantitative estimate of drug-likeness (QED) is 0.849. The molecular weight excluding hydrogens is 212 g/mol. The molecule has 3 heteroatoms. The molecule has 3 N–H and O–H groups in total. The third kappa shape index (κ3) is 2.24. The Morgan fingerprint density at radius 3 is 2.24 bits per heavy atom. The second kappa shape index (κ2) is 4.89. The van der Waals surface area contributed by atoms with E-state index in [0.29, 0.717) is 6.54 Å². The fourth-order valence-corrected chi connectivity index (χ4v) is 1.89. The lowest BCUT2D eigenvalue weighted by Crippen LogP contribution is -2.13. The minimum absolute atomic E-state index is 0.266. The van der Waals surface area contributed by atoms with E-state index in [4.69, 9.17) is 5.73 Å². The van der Waals surface area contributed by atoms with Crippen molar-refractivity contribution in [1.29, 1.82) is 0 Å². The van der Waals surface area contributed by atoms with E-state index in [0.717, 1.165) is 16.9 Å². The number of benzene rings is 2. The van der Waals surface area contributed by atoms with Crippen molar-refractivity contribution in [3.05, 3.63) is 54.1 Å². The highest BCUT2D eigenvalue weighted by Crippen LogP contribution is 2.32. The molecule has 88 valence electrons. The van der Waals surface area contributed by atoms with Crippen molar-refractivity contribution in [2.24, 2.45) is 5.73 Å². The summed E-state index contributed by atoms with van der Waals surface area (Å²) in [6, 6.07) is 15.2. The van der Waals surface area contributed by atoms with Gasteiger partial charge in [0.05, 0.1) is 5.69 Å². The number of rotatable bonds is 3. The van der Waals surface area contributed by atoms with Gasteiger partial charge in [0.1, 0.15) is 5.75 Å². The van der Waals surface area contributed by atoms with Crippen LogP contribution in [0, 0.1) is 0 Å². The third-order valence-corrected chi connectivity index (χ3v) is 2.82. The lowest BCUT2D eigenvalue weighted by molar-refractivity contribution is 0.476. The SMILES string of the molecule is CN(c1ccccc1O)c1ccccc1CN. The second-order valence-corrected chi connectivity index (χ2v) is 3.88. The first-order chi connectivity index (χ1) is 8.24. The van der Waals surface area contributed by atoms with Crippen LogP contribution in [0.3, 0.4) is 0 Å². The Morgan fingerprint density at radius 1 is 1.00 bits per heavy atom.